The minimum absolute atomic E-state index is 0.107. The number of aromatic nitrogens is 4. The highest BCUT2D eigenvalue weighted by Gasteiger charge is 2.47. The third kappa shape index (κ3) is 6.14. The fourth-order valence-corrected chi connectivity index (χ4v) is 7.51. The van der Waals surface area contributed by atoms with Crippen LogP contribution in [0.1, 0.15) is 31.2 Å². The highest BCUT2D eigenvalue weighted by Crippen LogP contribution is 2.42. The quantitative estimate of drug-likeness (QED) is 0.260. The predicted octanol–water partition coefficient (Wildman–Crippen LogP) is 4.62. The van der Waals surface area contributed by atoms with Gasteiger partial charge in [0.15, 0.2) is 0 Å². The fourth-order valence-electron chi connectivity index (χ4n) is 6.86. The Hall–Kier alpha value is -3.87. The number of nitrogens with one attached hydrogen (secondary N) is 1. The molecule has 0 atom stereocenters. The number of nitrogens with zero attached hydrogens (tertiary/aromatic N) is 6. The zero-order valence-electron chi connectivity index (χ0n) is 26.4. The van der Waals surface area contributed by atoms with Gasteiger partial charge in [-0.3, -0.25) is 24.6 Å². The van der Waals surface area contributed by atoms with Gasteiger partial charge < -0.3 is 19.9 Å². The van der Waals surface area contributed by atoms with E-state index in [1.807, 2.05) is 43.3 Å². The van der Waals surface area contributed by atoms with Gasteiger partial charge in [-0.1, -0.05) is 59.6 Å². The van der Waals surface area contributed by atoms with Gasteiger partial charge in [0.1, 0.15) is 11.4 Å². The molecule has 3 aliphatic heterocycles. The number of methoxy groups -OCH3 is 2. The maximum Gasteiger partial charge on any atom is 0.237 e. The van der Waals surface area contributed by atoms with Crippen LogP contribution >= 0.6 is 23.2 Å². The third-order valence-electron chi connectivity index (χ3n) is 9.01. The Kier molecular flexibility index (Phi) is 8.30. The molecule has 7 rings (SSSR count). The number of carbonyl (C=O) groups excluding carboxylic acids is 1. The van der Waals surface area contributed by atoms with Crippen molar-refractivity contribution in [2.45, 2.75) is 44.0 Å². The highest BCUT2D eigenvalue weighted by atomic mass is 35.5. The van der Waals surface area contributed by atoms with Gasteiger partial charge in [0, 0.05) is 67.9 Å². The summed E-state index contributed by atoms with van der Waals surface area (Å²) in [5, 5.41) is 14.1. The number of hydrogen-bond acceptors (Lipinski definition) is 10. The molecule has 5 heterocycles. The molecule has 0 bridgehead atoms. The van der Waals surface area contributed by atoms with E-state index in [4.69, 9.17) is 47.6 Å². The summed E-state index contributed by atoms with van der Waals surface area (Å²) >= 11 is 14.1. The van der Waals surface area contributed by atoms with Crippen molar-refractivity contribution in [3.05, 3.63) is 70.2 Å². The van der Waals surface area contributed by atoms with Crippen LogP contribution in [0.2, 0.25) is 10.0 Å². The lowest BCUT2D eigenvalue weighted by atomic mass is 9.88. The van der Waals surface area contributed by atoms with Crippen LogP contribution in [0, 0.1) is 0 Å². The van der Waals surface area contributed by atoms with E-state index in [-0.39, 0.29) is 11.4 Å². The van der Waals surface area contributed by atoms with Crippen molar-refractivity contribution < 1.29 is 19.4 Å². The maximum absolute atomic E-state index is 11.7. The van der Waals surface area contributed by atoms with E-state index in [9.17, 15) is 9.90 Å². The number of carbonyl (C=O) groups is 1. The van der Waals surface area contributed by atoms with Crippen LogP contribution in [0.25, 0.3) is 33.6 Å². The molecule has 1 spiro atoms. The molecule has 0 unspecified atom stereocenters. The number of likely N-dealkylation sites (tertiary alicyclic amines) is 2. The van der Waals surface area contributed by atoms with Crippen LogP contribution in [0.4, 0.5) is 0 Å². The Balaban J connectivity index is 1.13. The molecule has 1 amide bonds. The van der Waals surface area contributed by atoms with Crippen LogP contribution in [0.15, 0.2) is 48.8 Å². The van der Waals surface area contributed by atoms with Crippen LogP contribution in [-0.2, 0) is 17.9 Å². The molecule has 0 aliphatic carbocycles. The van der Waals surface area contributed by atoms with Crippen molar-refractivity contribution in [1.29, 1.82) is 0 Å². The van der Waals surface area contributed by atoms with Crippen molar-refractivity contribution >= 4 is 29.1 Å². The van der Waals surface area contributed by atoms with E-state index in [2.05, 4.69) is 20.1 Å². The van der Waals surface area contributed by atoms with E-state index < -0.39 is 5.60 Å². The van der Waals surface area contributed by atoms with Gasteiger partial charge in [-0.15, -0.1) is 0 Å². The lowest BCUT2D eigenvalue weighted by Crippen LogP contribution is -2.66. The summed E-state index contributed by atoms with van der Waals surface area (Å²) in [5.74, 6) is 0.956. The summed E-state index contributed by atoms with van der Waals surface area (Å²) in [6.07, 6.45) is 4.84. The summed E-state index contributed by atoms with van der Waals surface area (Å²) in [6, 6.07) is 11.4. The van der Waals surface area contributed by atoms with E-state index in [0.717, 1.165) is 36.3 Å². The molecule has 0 saturated carbocycles. The number of hydrogen-bond donors (Lipinski definition) is 2. The van der Waals surface area contributed by atoms with Crippen LogP contribution in [0.3, 0.4) is 0 Å². The Labute approximate surface area is 282 Å². The van der Waals surface area contributed by atoms with Gasteiger partial charge in [0.2, 0.25) is 17.7 Å². The Morgan fingerprint density at radius 1 is 0.809 bits per heavy atom. The van der Waals surface area contributed by atoms with Gasteiger partial charge in [0.05, 0.1) is 59.2 Å². The average molecular weight is 677 g/mol. The van der Waals surface area contributed by atoms with Gasteiger partial charge >= 0.3 is 0 Å². The molecule has 3 fully saturated rings. The molecular formula is C34H35Cl2N7O4. The number of β-amino-alcohol motifs (C(OH)–C–C–N with tert-alkyl or cyclic N) is 1. The van der Waals surface area contributed by atoms with Crippen molar-refractivity contribution in [2.75, 3.05) is 40.4 Å². The molecule has 0 radical (unpaired) electrons. The first kappa shape index (κ1) is 31.7. The number of benzene rings is 2. The Morgan fingerprint density at radius 3 is 1.70 bits per heavy atom. The molecule has 4 aromatic rings. The monoisotopic (exact) mass is 675 g/mol. The van der Waals surface area contributed by atoms with E-state index in [0.29, 0.717) is 82.6 Å². The SMILES string of the molecule is COc1nc(-c2cccc(-c3cccc(-c4cnc(CN5CC6(CCC(=O)N6)C5)c(OC)n4)c3Cl)c2Cl)cnc1CN1CC(C)(O)C1. The molecular weight excluding hydrogens is 641 g/mol. The Bertz CT molecular complexity index is 1860. The largest absolute Gasteiger partial charge is 0.480 e. The predicted molar refractivity (Wildman–Crippen MR) is 178 cm³/mol. The topological polar surface area (TPSA) is 126 Å². The molecule has 47 heavy (non-hydrogen) atoms. The second-order valence-corrected chi connectivity index (χ2v) is 13.6. The van der Waals surface area contributed by atoms with Crippen LogP contribution < -0.4 is 14.8 Å². The van der Waals surface area contributed by atoms with Gasteiger partial charge in [-0.2, -0.15) is 0 Å². The number of aliphatic hydroxyl groups is 1. The lowest BCUT2D eigenvalue weighted by Gasteiger charge is -2.47. The zero-order chi connectivity index (χ0) is 32.9. The van der Waals surface area contributed by atoms with E-state index in [1.54, 1.807) is 26.6 Å². The average Bonchev–Trinajstić information content (AvgIpc) is 3.42. The van der Waals surface area contributed by atoms with Gasteiger partial charge in [0.25, 0.3) is 0 Å². The van der Waals surface area contributed by atoms with Crippen LogP contribution in [0.5, 0.6) is 11.8 Å². The molecule has 3 saturated heterocycles. The molecule has 2 N–H and O–H groups in total. The standard InChI is InChI=1S/C34H35Cl2N7O4/c1-33(45)16-42(17-33)14-26-31(46-2)39-24(12-37-26)22-8-4-6-20(29(22)35)21-7-5-9-23(30(21)36)25-13-38-27(32(40-25)47-3)15-43-18-34(19-43)11-10-28(44)41-34/h4-9,12-13,45H,10-11,14-19H2,1-3H3,(H,41,44). The van der Waals surface area contributed by atoms with Crippen molar-refractivity contribution in [1.82, 2.24) is 35.1 Å². The smallest absolute Gasteiger partial charge is 0.237 e. The first-order chi connectivity index (χ1) is 22.6. The molecule has 11 nitrogen and oxygen atoms in total. The molecule has 244 valence electrons. The van der Waals surface area contributed by atoms with Gasteiger partial charge in [-0.25, -0.2) is 9.97 Å². The van der Waals surface area contributed by atoms with Crippen molar-refractivity contribution in [3.8, 4) is 45.4 Å². The van der Waals surface area contributed by atoms with Crippen LogP contribution in [-0.4, -0.2) is 92.3 Å². The Morgan fingerprint density at radius 2 is 1.28 bits per heavy atom. The maximum atomic E-state index is 11.7. The van der Waals surface area contributed by atoms with Gasteiger partial charge in [-0.05, 0) is 13.3 Å². The minimum atomic E-state index is -0.676. The zero-order valence-corrected chi connectivity index (χ0v) is 27.9. The summed E-state index contributed by atoms with van der Waals surface area (Å²) in [7, 11) is 3.14. The number of amides is 1. The lowest BCUT2D eigenvalue weighted by molar-refractivity contribution is -0.120. The van der Waals surface area contributed by atoms with Crippen molar-refractivity contribution in [3.63, 3.8) is 0 Å². The second kappa shape index (κ2) is 12.3. The first-order valence-corrected chi connectivity index (χ1v) is 16.2. The third-order valence-corrected chi connectivity index (χ3v) is 9.83. The first-order valence-electron chi connectivity index (χ1n) is 15.4. The minimum Gasteiger partial charge on any atom is -0.480 e. The highest BCUT2D eigenvalue weighted by molar-refractivity contribution is 6.39. The normalized spacial score (nSPS) is 18.5. The number of rotatable bonds is 9. The fraction of sp³-hybridized carbons (Fsp3) is 0.382. The number of ether oxygens (including phenoxy) is 2. The summed E-state index contributed by atoms with van der Waals surface area (Å²) < 4.78 is 11.2. The second-order valence-electron chi connectivity index (χ2n) is 12.9. The van der Waals surface area contributed by atoms with Crippen molar-refractivity contribution in [2.24, 2.45) is 0 Å². The summed E-state index contributed by atoms with van der Waals surface area (Å²) in [5.41, 5.74) is 4.59. The molecule has 2 aromatic carbocycles. The van der Waals surface area contributed by atoms with E-state index >= 15 is 0 Å². The summed E-state index contributed by atoms with van der Waals surface area (Å²) in [6.45, 7) is 5.61. The van der Waals surface area contributed by atoms with E-state index in [1.165, 1.54) is 0 Å². The number of halogens is 2. The molecule has 13 heteroatoms. The summed E-state index contributed by atoms with van der Waals surface area (Å²) in [4.78, 5) is 34.9. The molecule has 2 aromatic heterocycles. The molecule has 3 aliphatic rings.